The first kappa shape index (κ1) is 15.1. The van der Waals surface area contributed by atoms with Gasteiger partial charge in [0.15, 0.2) is 0 Å². The average Bonchev–Trinajstić information content (AvgIpc) is 2.38. The lowest BCUT2D eigenvalue weighted by Gasteiger charge is -2.35. The maximum absolute atomic E-state index is 6.03. The van der Waals surface area contributed by atoms with Crippen LogP contribution in [0, 0.1) is 11.8 Å². The van der Waals surface area contributed by atoms with Crippen LogP contribution in [-0.2, 0) is 0 Å². The van der Waals surface area contributed by atoms with Crippen molar-refractivity contribution in [2.45, 2.75) is 65.3 Å². The van der Waals surface area contributed by atoms with Gasteiger partial charge in [-0.05, 0) is 30.6 Å². The fourth-order valence-corrected chi connectivity index (χ4v) is 3.41. The Morgan fingerprint density at radius 2 is 1.85 bits per heavy atom. The van der Waals surface area contributed by atoms with Crippen LogP contribution in [0.5, 0.6) is 0 Å². The number of nitrogens with two attached hydrogens (primary N) is 1. The van der Waals surface area contributed by atoms with E-state index in [1.54, 1.807) is 6.33 Å². The first-order valence-corrected chi connectivity index (χ1v) is 7.87. The van der Waals surface area contributed by atoms with Crippen LogP contribution < -0.4 is 11.1 Å². The van der Waals surface area contributed by atoms with Crippen molar-refractivity contribution in [2.75, 3.05) is 11.1 Å². The Hall–Kier alpha value is -1.32. The third-order valence-electron chi connectivity index (χ3n) is 4.49. The molecule has 0 bridgehead atoms. The van der Waals surface area contributed by atoms with E-state index in [-0.39, 0.29) is 0 Å². The van der Waals surface area contributed by atoms with Gasteiger partial charge in [-0.15, -0.1) is 0 Å². The maximum Gasteiger partial charge on any atom is 0.135 e. The van der Waals surface area contributed by atoms with Crippen molar-refractivity contribution >= 4 is 11.6 Å². The molecule has 0 spiro atoms. The van der Waals surface area contributed by atoms with Crippen molar-refractivity contribution in [3.8, 4) is 0 Å². The molecule has 3 N–H and O–H groups in total. The summed E-state index contributed by atoms with van der Waals surface area (Å²) in [5.74, 6) is 3.30. The van der Waals surface area contributed by atoms with Crippen molar-refractivity contribution < 1.29 is 0 Å². The van der Waals surface area contributed by atoms with Crippen molar-refractivity contribution in [2.24, 2.45) is 11.8 Å². The second-order valence-electron chi connectivity index (χ2n) is 6.62. The summed E-state index contributed by atoms with van der Waals surface area (Å²) in [6.45, 7) is 8.92. The summed E-state index contributed by atoms with van der Waals surface area (Å²) in [5.41, 5.74) is 7.09. The third kappa shape index (κ3) is 3.22. The first-order valence-electron chi connectivity index (χ1n) is 7.87. The van der Waals surface area contributed by atoms with Crippen molar-refractivity contribution in [3.05, 3.63) is 11.9 Å². The number of anilines is 2. The molecule has 20 heavy (non-hydrogen) atoms. The van der Waals surface area contributed by atoms with E-state index in [0.717, 1.165) is 17.3 Å². The highest BCUT2D eigenvalue weighted by molar-refractivity contribution is 5.57. The zero-order chi connectivity index (χ0) is 14.7. The first-order chi connectivity index (χ1) is 9.50. The Balaban J connectivity index is 2.22. The summed E-state index contributed by atoms with van der Waals surface area (Å²) in [6.07, 6.45) is 6.76. The van der Waals surface area contributed by atoms with Crippen LogP contribution in [0.2, 0.25) is 0 Å². The van der Waals surface area contributed by atoms with Crippen LogP contribution in [0.15, 0.2) is 6.33 Å². The smallest absolute Gasteiger partial charge is 0.135 e. The van der Waals surface area contributed by atoms with Crippen LogP contribution in [-0.4, -0.2) is 16.0 Å². The maximum atomic E-state index is 6.03. The SMILES string of the molecule is CC(C)c1c(N)ncnc1NC1CCCCC1C(C)C. The quantitative estimate of drug-likeness (QED) is 0.877. The number of rotatable bonds is 4. The molecule has 2 unspecified atom stereocenters. The van der Waals surface area contributed by atoms with Crippen molar-refractivity contribution in [3.63, 3.8) is 0 Å². The zero-order valence-electron chi connectivity index (χ0n) is 13.2. The zero-order valence-corrected chi connectivity index (χ0v) is 13.2. The van der Waals surface area contributed by atoms with E-state index in [9.17, 15) is 0 Å². The molecule has 1 heterocycles. The van der Waals surface area contributed by atoms with E-state index >= 15 is 0 Å². The number of nitrogens with zero attached hydrogens (tertiary/aromatic N) is 2. The van der Waals surface area contributed by atoms with Gasteiger partial charge in [0.1, 0.15) is 18.0 Å². The van der Waals surface area contributed by atoms with Crippen molar-refractivity contribution in [1.29, 1.82) is 0 Å². The Morgan fingerprint density at radius 1 is 1.15 bits per heavy atom. The van der Waals surface area contributed by atoms with E-state index in [0.29, 0.717) is 23.7 Å². The lowest BCUT2D eigenvalue weighted by Crippen LogP contribution is -2.36. The number of nitrogen functional groups attached to an aromatic ring is 1. The van der Waals surface area contributed by atoms with Gasteiger partial charge in [-0.25, -0.2) is 9.97 Å². The van der Waals surface area contributed by atoms with Crippen LogP contribution >= 0.6 is 0 Å². The minimum atomic E-state index is 0.333. The minimum Gasteiger partial charge on any atom is -0.383 e. The lowest BCUT2D eigenvalue weighted by molar-refractivity contribution is 0.253. The highest BCUT2D eigenvalue weighted by Crippen LogP contribution is 2.34. The van der Waals surface area contributed by atoms with Gasteiger partial charge in [-0.3, -0.25) is 0 Å². The van der Waals surface area contributed by atoms with Gasteiger partial charge in [0.25, 0.3) is 0 Å². The Bertz CT molecular complexity index is 442. The molecule has 0 aromatic carbocycles. The van der Waals surface area contributed by atoms with Gasteiger partial charge in [0.05, 0.1) is 0 Å². The molecular formula is C16H28N4. The number of hydrogen-bond acceptors (Lipinski definition) is 4. The third-order valence-corrected chi connectivity index (χ3v) is 4.49. The van der Waals surface area contributed by atoms with Gasteiger partial charge < -0.3 is 11.1 Å². The summed E-state index contributed by atoms with van der Waals surface area (Å²) < 4.78 is 0. The molecule has 1 aliphatic carbocycles. The number of aromatic nitrogens is 2. The molecule has 2 rings (SSSR count). The Kier molecular flexibility index (Phi) is 4.84. The van der Waals surface area contributed by atoms with Crippen LogP contribution in [0.3, 0.4) is 0 Å². The molecule has 0 saturated heterocycles. The molecule has 0 aliphatic heterocycles. The fourth-order valence-electron chi connectivity index (χ4n) is 3.41. The topological polar surface area (TPSA) is 63.8 Å². The molecule has 4 nitrogen and oxygen atoms in total. The molecule has 1 aliphatic rings. The second kappa shape index (κ2) is 6.42. The van der Waals surface area contributed by atoms with Crippen molar-refractivity contribution in [1.82, 2.24) is 9.97 Å². The van der Waals surface area contributed by atoms with E-state index in [1.807, 2.05) is 0 Å². The molecule has 4 heteroatoms. The molecular weight excluding hydrogens is 248 g/mol. The predicted octanol–water partition coefficient (Wildman–Crippen LogP) is 3.81. The summed E-state index contributed by atoms with van der Waals surface area (Å²) in [6, 6.07) is 0.510. The van der Waals surface area contributed by atoms with E-state index in [4.69, 9.17) is 5.73 Å². The average molecular weight is 276 g/mol. The molecule has 0 radical (unpaired) electrons. The van der Waals surface area contributed by atoms with Gasteiger partial charge in [-0.2, -0.15) is 0 Å². The largest absolute Gasteiger partial charge is 0.383 e. The summed E-state index contributed by atoms with van der Waals surface area (Å²) in [4.78, 5) is 8.58. The monoisotopic (exact) mass is 276 g/mol. The van der Waals surface area contributed by atoms with E-state index in [1.165, 1.54) is 25.7 Å². The second-order valence-corrected chi connectivity index (χ2v) is 6.62. The van der Waals surface area contributed by atoms with Crippen LogP contribution in [0.1, 0.15) is 64.9 Å². The van der Waals surface area contributed by atoms with Gasteiger partial charge >= 0.3 is 0 Å². The molecule has 1 aromatic heterocycles. The molecule has 1 fully saturated rings. The van der Waals surface area contributed by atoms with Crippen LogP contribution in [0.4, 0.5) is 11.6 Å². The molecule has 2 atom stereocenters. The summed E-state index contributed by atoms with van der Waals surface area (Å²) >= 11 is 0. The molecule has 1 saturated carbocycles. The Morgan fingerprint density at radius 3 is 2.50 bits per heavy atom. The van der Waals surface area contributed by atoms with E-state index < -0.39 is 0 Å². The standard InChI is InChI=1S/C16H28N4/c1-10(2)12-7-5-6-8-13(12)20-16-14(11(3)4)15(17)18-9-19-16/h9-13H,5-8H2,1-4H3,(H3,17,18,19,20). The van der Waals surface area contributed by atoms with Gasteiger partial charge in [0.2, 0.25) is 0 Å². The summed E-state index contributed by atoms with van der Waals surface area (Å²) in [5, 5.41) is 3.67. The normalized spacial score (nSPS) is 23.3. The van der Waals surface area contributed by atoms with Crippen LogP contribution in [0.25, 0.3) is 0 Å². The molecule has 112 valence electrons. The fraction of sp³-hybridized carbons (Fsp3) is 0.750. The predicted molar refractivity (Wildman–Crippen MR) is 84.7 cm³/mol. The van der Waals surface area contributed by atoms with E-state index in [2.05, 4.69) is 43.0 Å². The molecule has 0 amide bonds. The van der Waals surface area contributed by atoms with Gasteiger partial charge in [0, 0.05) is 11.6 Å². The van der Waals surface area contributed by atoms with Gasteiger partial charge in [-0.1, -0.05) is 40.5 Å². The number of hydrogen-bond donors (Lipinski definition) is 2. The lowest BCUT2D eigenvalue weighted by atomic mass is 9.78. The highest BCUT2D eigenvalue weighted by atomic mass is 15.1. The molecule has 1 aromatic rings. The Labute approximate surface area is 122 Å². The minimum absolute atomic E-state index is 0.333. The highest BCUT2D eigenvalue weighted by Gasteiger charge is 2.28. The number of nitrogens with one attached hydrogen (secondary N) is 1. The summed E-state index contributed by atoms with van der Waals surface area (Å²) in [7, 11) is 0.